The molecule has 6 nitrogen and oxygen atoms in total. The summed E-state index contributed by atoms with van der Waals surface area (Å²) in [6, 6.07) is 11.8. The number of carboxylic acids is 1. The van der Waals surface area contributed by atoms with E-state index in [2.05, 4.69) is 10.6 Å². The van der Waals surface area contributed by atoms with E-state index < -0.39 is 5.97 Å². The molecule has 0 heterocycles. The van der Waals surface area contributed by atoms with E-state index in [0.717, 1.165) is 11.6 Å². The van der Waals surface area contributed by atoms with Crippen molar-refractivity contribution >= 4 is 35.2 Å². The Morgan fingerprint density at radius 3 is 2.28 bits per heavy atom. The van der Waals surface area contributed by atoms with Crippen molar-refractivity contribution in [3.8, 4) is 0 Å². The van der Waals surface area contributed by atoms with Crippen LogP contribution in [0.1, 0.15) is 28.4 Å². The minimum atomic E-state index is -1.02. The zero-order chi connectivity index (χ0) is 18.4. The van der Waals surface area contributed by atoms with Crippen LogP contribution in [0.3, 0.4) is 0 Å². The molecule has 2 aromatic carbocycles. The Kier molecular flexibility index (Phi) is 5.68. The Morgan fingerprint density at radius 2 is 1.68 bits per heavy atom. The first-order chi connectivity index (χ1) is 11.8. The molecule has 2 amide bonds. The fraction of sp³-hybridized carbons (Fsp3) is 0.105. The monoisotopic (exact) mass is 338 g/mol. The van der Waals surface area contributed by atoms with Crippen LogP contribution in [0.5, 0.6) is 0 Å². The average Bonchev–Trinajstić information content (AvgIpc) is 2.55. The van der Waals surface area contributed by atoms with Crippen molar-refractivity contribution in [2.45, 2.75) is 13.8 Å². The molecule has 0 fully saturated rings. The van der Waals surface area contributed by atoms with Gasteiger partial charge in [-0.25, -0.2) is 4.79 Å². The molecule has 2 rings (SSSR count). The number of anilines is 2. The average molecular weight is 338 g/mol. The van der Waals surface area contributed by atoms with E-state index in [-0.39, 0.29) is 11.8 Å². The van der Waals surface area contributed by atoms with Gasteiger partial charge >= 0.3 is 5.97 Å². The summed E-state index contributed by atoms with van der Waals surface area (Å²) < 4.78 is 0. The predicted molar refractivity (Wildman–Crippen MR) is 96.5 cm³/mol. The highest BCUT2D eigenvalue weighted by Gasteiger charge is 2.09. The van der Waals surface area contributed by atoms with E-state index in [1.165, 1.54) is 13.0 Å². The normalized spacial score (nSPS) is 10.5. The SMILES string of the molecule is CC(=O)Nc1cc(C(=O)Nc2ccc(C=CC(=O)O)cc2)ccc1C. The zero-order valence-corrected chi connectivity index (χ0v) is 13.9. The Balaban J connectivity index is 2.11. The van der Waals surface area contributed by atoms with E-state index >= 15 is 0 Å². The summed E-state index contributed by atoms with van der Waals surface area (Å²) in [4.78, 5) is 34.0. The lowest BCUT2D eigenvalue weighted by Gasteiger charge is -2.10. The van der Waals surface area contributed by atoms with Crippen molar-refractivity contribution < 1.29 is 19.5 Å². The van der Waals surface area contributed by atoms with E-state index in [0.29, 0.717) is 22.5 Å². The Bertz CT molecular complexity index is 839. The Labute approximate surface area is 145 Å². The van der Waals surface area contributed by atoms with Crippen molar-refractivity contribution in [2.75, 3.05) is 10.6 Å². The van der Waals surface area contributed by atoms with Crippen LogP contribution in [0.2, 0.25) is 0 Å². The van der Waals surface area contributed by atoms with Gasteiger partial charge in [-0.2, -0.15) is 0 Å². The van der Waals surface area contributed by atoms with Crippen molar-refractivity contribution in [2.24, 2.45) is 0 Å². The number of hydrogen-bond acceptors (Lipinski definition) is 3. The number of aryl methyl sites for hydroxylation is 1. The number of benzene rings is 2. The van der Waals surface area contributed by atoms with E-state index in [9.17, 15) is 14.4 Å². The molecule has 0 saturated carbocycles. The minimum absolute atomic E-state index is 0.203. The molecule has 0 radical (unpaired) electrons. The van der Waals surface area contributed by atoms with Gasteiger partial charge in [-0.05, 0) is 48.4 Å². The highest BCUT2D eigenvalue weighted by molar-refractivity contribution is 6.05. The number of aliphatic carboxylic acids is 1. The number of hydrogen-bond donors (Lipinski definition) is 3. The summed E-state index contributed by atoms with van der Waals surface area (Å²) in [5.74, 6) is -1.53. The minimum Gasteiger partial charge on any atom is -0.478 e. The van der Waals surface area contributed by atoms with Gasteiger partial charge in [0.25, 0.3) is 5.91 Å². The van der Waals surface area contributed by atoms with Gasteiger partial charge in [-0.15, -0.1) is 0 Å². The summed E-state index contributed by atoms with van der Waals surface area (Å²) >= 11 is 0. The molecule has 0 bridgehead atoms. The van der Waals surface area contributed by atoms with Crippen LogP contribution < -0.4 is 10.6 Å². The third-order valence-corrected chi connectivity index (χ3v) is 3.40. The summed E-state index contributed by atoms with van der Waals surface area (Å²) in [5, 5.41) is 14.0. The molecule has 3 N–H and O–H groups in total. The maximum atomic E-state index is 12.3. The van der Waals surface area contributed by atoms with Crippen molar-refractivity contribution in [1.29, 1.82) is 0 Å². The molecule has 0 aliphatic rings. The molecule has 6 heteroatoms. The maximum Gasteiger partial charge on any atom is 0.328 e. The van der Waals surface area contributed by atoms with E-state index in [1.807, 2.05) is 6.92 Å². The Morgan fingerprint density at radius 1 is 1.00 bits per heavy atom. The molecule has 0 aromatic heterocycles. The van der Waals surface area contributed by atoms with Crippen LogP contribution in [0.4, 0.5) is 11.4 Å². The molecule has 0 saturated heterocycles. The number of carbonyl (C=O) groups excluding carboxylic acids is 2. The molecule has 25 heavy (non-hydrogen) atoms. The summed E-state index contributed by atoms with van der Waals surface area (Å²) in [6.45, 7) is 3.25. The second-order valence-electron chi connectivity index (χ2n) is 5.46. The molecule has 0 atom stereocenters. The first kappa shape index (κ1) is 17.9. The van der Waals surface area contributed by atoms with Crippen LogP contribution in [-0.2, 0) is 9.59 Å². The molecular formula is C19H18N2O4. The van der Waals surface area contributed by atoms with Crippen LogP contribution in [0.25, 0.3) is 6.08 Å². The fourth-order valence-electron chi connectivity index (χ4n) is 2.14. The predicted octanol–water partition coefficient (Wildman–Crippen LogP) is 3.30. The zero-order valence-electron chi connectivity index (χ0n) is 13.9. The van der Waals surface area contributed by atoms with Gasteiger partial charge in [0, 0.05) is 29.9 Å². The van der Waals surface area contributed by atoms with Gasteiger partial charge in [0.05, 0.1) is 0 Å². The maximum absolute atomic E-state index is 12.3. The topological polar surface area (TPSA) is 95.5 Å². The lowest BCUT2D eigenvalue weighted by atomic mass is 10.1. The van der Waals surface area contributed by atoms with Crippen LogP contribution in [0.15, 0.2) is 48.5 Å². The number of nitrogens with one attached hydrogen (secondary N) is 2. The Hall–Kier alpha value is -3.41. The molecule has 0 spiro atoms. The highest BCUT2D eigenvalue weighted by atomic mass is 16.4. The molecule has 0 unspecified atom stereocenters. The second kappa shape index (κ2) is 7.92. The first-order valence-corrected chi connectivity index (χ1v) is 7.56. The van der Waals surface area contributed by atoms with Crippen molar-refractivity contribution in [3.05, 3.63) is 65.2 Å². The van der Waals surface area contributed by atoms with Gasteiger partial charge in [0.15, 0.2) is 0 Å². The van der Waals surface area contributed by atoms with E-state index in [1.54, 1.807) is 42.5 Å². The summed E-state index contributed by atoms with van der Waals surface area (Å²) in [5.41, 5.74) is 3.17. The van der Waals surface area contributed by atoms with Gasteiger partial charge < -0.3 is 15.7 Å². The van der Waals surface area contributed by atoms with Gasteiger partial charge in [-0.3, -0.25) is 9.59 Å². The number of amides is 2. The summed E-state index contributed by atoms with van der Waals surface area (Å²) in [7, 11) is 0. The molecule has 2 aromatic rings. The molecule has 0 aliphatic carbocycles. The third-order valence-electron chi connectivity index (χ3n) is 3.40. The largest absolute Gasteiger partial charge is 0.478 e. The van der Waals surface area contributed by atoms with Crippen LogP contribution >= 0.6 is 0 Å². The molecule has 0 aliphatic heterocycles. The number of rotatable bonds is 5. The smallest absolute Gasteiger partial charge is 0.328 e. The third kappa shape index (κ3) is 5.31. The lowest BCUT2D eigenvalue weighted by Crippen LogP contribution is -2.13. The lowest BCUT2D eigenvalue weighted by molar-refractivity contribution is -0.131. The van der Waals surface area contributed by atoms with Crippen LogP contribution in [0, 0.1) is 6.92 Å². The highest BCUT2D eigenvalue weighted by Crippen LogP contribution is 2.18. The van der Waals surface area contributed by atoms with Gasteiger partial charge in [0.2, 0.25) is 5.91 Å². The standard InChI is InChI=1S/C19H18N2O4/c1-12-3-7-15(11-17(12)20-13(2)22)19(25)21-16-8-4-14(5-9-16)6-10-18(23)24/h3-11H,1-2H3,(H,20,22)(H,21,25)(H,23,24). The second-order valence-corrected chi connectivity index (χ2v) is 5.46. The van der Waals surface area contributed by atoms with Gasteiger partial charge in [0.1, 0.15) is 0 Å². The van der Waals surface area contributed by atoms with E-state index in [4.69, 9.17) is 5.11 Å². The first-order valence-electron chi connectivity index (χ1n) is 7.56. The number of carboxylic acid groups (broad SMARTS) is 1. The molecule has 128 valence electrons. The van der Waals surface area contributed by atoms with Crippen molar-refractivity contribution in [3.63, 3.8) is 0 Å². The fourth-order valence-corrected chi connectivity index (χ4v) is 2.14. The van der Waals surface area contributed by atoms with Gasteiger partial charge in [-0.1, -0.05) is 18.2 Å². The quantitative estimate of drug-likeness (QED) is 0.729. The molecular weight excluding hydrogens is 320 g/mol. The van der Waals surface area contributed by atoms with Crippen molar-refractivity contribution in [1.82, 2.24) is 0 Å². The summed E-state index contributed by atoms with van der Waals surface area (Å²) in [6.07, 6.45) is 2.51. The number of carbonyl (C=O) groups is 3. The van der Waals surface area contributed by atoms with Crippen LogP contribution in [-0.4, -0.2) is 22.9 Å².